The van der Waals surface area contributed by atoms with Gasteiger partial charge in [-0.05, 0) is 61.9 Å². The molecule has 1 heterocycles. The van der Waals surface area contributed by atoms with Gasteiger partial charge in [0, 0.05) is 17.4 Å². The van der Waals surface area contributed by atoms with E-state index in [1.54, 1.807) is 43.3 Å². The predicted molar refractivity (Wildman–Crippen MR) is 114 cm³/mol. The number of aryl methyl sites for hydroxylation is 1. The van der Waals surface area contributed by atoms with Gasteiger partial charge >= 0.3 is 0 Å². The van der Waals surface area contributed by atoms with Crippen LogP contribution in [0.4, 0.5) is 11.5 Å². The second kappa shape index (κ2) is 9.21. The maximum atomic E-state index is 12.4. The minimum absolute atomic E-state index is 0.217. The van der Waals surface area contributed by atoms with Gasteiger partial charge in [-0.15, -0.1) is 0 Å². The number of hydrogen-bond donors (Lipinski definition) is 2. The summed E-state index contributed by atoms with van der Waals surface area (Å²) in [6, 6.07) is 17.4. The van der Waals surface area contributed by atoms with Gasteiger partial charge in [-0.2, -0.15) is 0 Å². The number of ether oxygens (including phenoxy) is 1. The quantitative estimate of drug-likeness (QED) is 0.618. The molecule has 0 aliphatic heterocycles. The summed E-state index contributed by atoms with van der Waals surface area (Å²) in [5, 5.41) is 6.01. The summed E-state index contributed by atoms with van der Waals surface area (Å²) >= 11 is 5.78. The zero-order valence-corrected chi connectivity index (χ0v) is 16.7. The second-order valence-electron chi connectivity index (χ2n) is 6.40. The molecule has 0 aliphatic carbocycles. The maximum Gasteiger partial charge on any atom is 0.266 e. The van der Waals surface area contributed by atoms with E-state index in [0.29, 0.717) is 22.2 Å². The molecule has 0 bridgehead atoms. The Bertz CT molecular complexity index is 1000. The van der Waals surface area contributed by atoms with Gasteiger partial charge in [0.25, 0.3) is 11.8 Å². The number of carbonyl (C=O) groups excluding carboxylic acids is 2. The number of para-hydroxylation sites is 1. The summed E-state index contributed by atoms with van der Waals surface area (Å²) in [5.41, 5.74) is 2.23. The van der Waals surface area contributed by atoms with Crippen molar-refractivity contribution in [1.29, 1.82) is 0 Å². The first kappa shape index (κ1) is 20.4. The molecule has 2 N–H and O–H groups in total. The molecule has 3 rings (SSSR count). The van der Waals surface area contributed by atoms with Gasteiger partial charge in [0.15, 0.2) is 6.10 Å². The summed E-state index contributed by atoms with van der Waals surface area (Å²) in [6.07, 6.45) is 0.697. The Morgan fingerprint density at radius 1 is 1.00 bits per heavy atom. The normalized spacial score (nSPS) is 11.4. The average Bonchev–Trinajstić information content (AvgIpc) is 2.72. The minimum atomic E-state index is -0.751. The number of benzene rings is 2. The lowest BCUT2D eigenvalue weighted by molar-refractivity contribution is -0.122. The number of hydrogen-bond acceptors (Lipinski definition) is 4. The van der Waals surface area contributed by atoms with Gasteiger partial charge in [0.1, 0.15) is 11.6 Å². The Kier molecular flexibility index (Phi) is 6.46. The van der Waals surface area contributed by atoms with Crippen molar-refractivity contribution in [2.24, 2.45) is 0 Å². The Hall–Kier alpha value is -3.38. The molecule has 2 aromatic carbocycles. The highest BCUT2D eigenvalue weighted by atomic mass is 35.5. The van der Waals surface area contributed by atoms with E-state index >= 15 is 0 Å². The summed E-state index contributed by atoms with van der Waals surface area (Å²) in [4.78, 5) is 28.7. The molecule has 0 saturated carbocycles. The van der Waals surface area contributed by atoms with Crippen LogP contribution in [0.5, 0.6) is 5.75 Å². The lowest BCUT2D eigenvalue weighted by Crippen LogP contribution is -2.30. The number of carbonyl (C=O) groups is 2. The molecule has 29 heavy (non-hydrogen) atoms. The number of rotatable bonds is 6. The molecule has 0 saturated heterocycles. The van der Waals surface area contributed by atoms with Crippen LogP contribution in [-0.2, 0) is 4.79 Å². The third kappa shape index (κ3) is 5.56. The van der Waals surface area contributed by atoms with Crippen molar-refractivity contribution < 1.29 is 14.3 Å². The number of aromatic nitrogens is 1. The Morgan fingerprint density at radius 3 is 2.38 bits per heavy atom. The highest BCUT2D eigenvalue weighted by Gasteiger charge is 2.16. The first-order valence-electron chi connectivity index (χ1n) is 8.98. The molecule has 6 nitrogen and oxygen atoms in total. The van der Waals surface area contributed by atoms with Crippen LogP contribution in [0.25, 0.3) is 0 Å². The SMILES string of the molecule is Cc1ccccc1NC(=O)c1ccc(OC(C)C(=O)Nc2ccc(Cl)cn2)cc1. The van der Waals surface area contributed by atoms with Crippen molar-refractivity contribution in [3.8, 4) is 5.75 Å². The van der Waals surface area contributed by atoms with Crippen molar-refractivity contribution in [2.75, 3.05) is 10.6 Å². The van der Waals surface area contributed by atoms with Crippen LogP contribution in [0.15, 0.2) is 66.9 Å². The largest absolute Gasteiger partial charge is 0.481 e. The number of amides is 2. The monoisotopic (exact) mass is 409 g/mol. The molecular weight excluding hydrogens is 390 g/mol. The van der Waals surface area contributed by atoms with E-state index in [0.717, 1.165) is 11.3 Å². The highest BCUT2D eigenvalue weighted by molar-refractivity contribution is 6.30. The Labute approximate surface area is 173 Å². The van der Waals surface area contributed by atoms with Gasteiger partial charge < -0.3 is 15.4 Å². The minimum Gasteiger partial charge on any atom is -0.481 e. The first-order chi connectivity index (χ1) is 13.9. The van der Waals surface area contributed by atoms with E-state index in [1.807, 2.05) is 31.2 Å². The van der Waals surface area contributed by atoms with Gasteiger partial charge in [0.2, 0.25) is 0 Å². The van der Waals surface area contributed by atoms with Crippen LogP contribution in [0, 0.1) is 6.92 Å². The summed E-state index contributed by atoms with van der Waals surface area (Å²) in [6.45, 7) is 3.56. The van der Waals surface area contributed by atoms with E-state index in [1.165, 1.54) is 6.20 Å². The zero-order valence-electron chi connectivity index (χ0n) is 16.0. The van der Waals surface area contributed by atoms with Crippen molar-refractivity contribution in [3.63, 3.8) is 0 Å². The topological polar surface area (TPSA) is 80.3 Å². The smallest absolute Gasteiger partial charge is 0.266 e. The van der Waals surface area contributed by atoms with Crippen molar-refractivity contribution in [2.45, 2.75) is 20.0 Å². The van der Waals surface area contributed by atoms with E-state index in [-0.39, 0.29) is 11.8 Å². The van der Waals surface area contributed by atoms with E-state index in [4.69, 9.17) is 16.3 Å². The second-order valence-corrected chi connectivity index (χ2v) is 6.84. The van der Waals surface area contributed by atoms with Crippen LogP contribution >= 0.6 is 11.6 Å². The van der Waals surface area contributed by atoms with Gasteiger partial charge in [0.05, 0.1) is 5.02 Å². The average molecular weight is 410 g/mol. The van der Waals surface area contributed by atoms with Gasteiger partial charge in [-0.25, -0.2) is 4.98 Å². The standard InChI is InChI=1S/C22H20ClN3O3/c1-14-5-3-4-6-19(14)25-22(28)16-7-10-18(11-8-16)29-15(2)21(27)26-20-12-9-17(23)13-24-20/h3-13,15H,1-2H3,(H,25,28)(H,24,26,27). The van der Waals surface area contributed by atoms with Crippen LogP contribution < -0.4 is 15.4 Å². The van der Waals surface area contributed by atoms with Crippen LogP contribution in [0.3, 0.4) is 0 Å². The number of nitrogens with one attached hydrogen (secondary N) is 2. The molecule has 3 aromatic rings. The lowest BCUT2D eigenvalue weighted by Gasteiger charge is -2.15. The molecule has 0 radical (unpaired) electrons. The molecule has 2 amide bonds. The van der Waals surface area contributed by atoms with Gasteiger partial charge in [-0.1, -0.05) is 29.8 Å². The Morgan fingerprint density at radius 2 is 1.72 bits per heavy atom. The van der Waals surface area contributed by atoms with Crippen LogP contribution in [0.1, 0.15) is 22.8 Å². The molecule has 148 valence electrons. The molecule has 7 heteroatoms. The third-order valence-corrected chi connectivity index (χ3v) is 4.39. The molecular formula is C22H20ClN3O3. The summed E-state index contributed by atoms with van der Waals surface area (Å²) in [5.74, 6) is 0.300. The summed E-state index contributed by atoms with van der Waals surface area (Å²) < 4.78 is 5.65. The molecule has 1 aromatic heterocycles. The van der Waals surface area contributed by atoms with E-state index in [2.05, 4.69) is 15.6 Å². The lowest BCUT2D eigenvalue weighted by atomic mass is 10.1. The van der Waals surface area contributed by atoms with Gasteiger partial charge in [-0.3, -0.25) is 9.59 Å². The molecule has 0 fully saturated rings. The van der Waals surface area contributed by atoms with E-state index < -0.39 is 6.10 Å². The zero-order chi connectivity index (χ0) is 20.8. The van der Waals surface area contributed by atoms with Crippen molar-refractivity contribution >= 4 is 34.9 Å². The van der Waals surface area contributed by atoms with Crippen molar-refractivity contribution in [1.82, 2.24) is 4.98 Å². The van der Waals surface area contributed by atoms with Crippen LogP contribution in [-0.4, -0.2) is 22.9 Å². The first-order valence-corrected chi connectivity index (χ1v) is 9.36. The fraction of sp³-hybridized carbons (Fsp3) is 0.136. The maximum absolute atomic E-state index is 12.4. The summed E-state index contributed by atoms with van der Waals surface area (Å²) in [7, 11) is 0. The van der Waals surface area contributed by atoms with E-state index in [9.17, 15) is 9.59 Å². The fourth-order valence-corrected chi connectivity index (χ4v) is 2.64. The molecule has 1 atom stereocenters. The number of anilines is 2. The number of pyridine rings is 1. The Balaban J connectivity index is 1.58. The predicted octanol–water partition coefficient (Wildman–Crippen LogP) is 4.70. The number of halogens is 1. The fourth-order valence-electron chi connectivity index (χ4n) is 2.53. The van der Waals surface area contributed by atoms with Crippen molar-refractivity contribution in [3.05, 3.63) is 83.0 Å². The van der Waals surface area contributed by atoms with Crippen LogP contribution in [0.2, 0.25) is 5.02 Å². The highest BCUT2D eigenvalue weighted by Crippen LogP contribution is 2.18. The number of nitrogens with zero attached hydrogens (tertiary/aromatic N) is 1. The molecule has 1 unspecified atom stereocenters. The molecule has 0 spiro atoms. The molecule has 0 aliphatic rings. The third-order valence-electron chi connectivity index (χ3n) is 4.17.